The fourth-order valence-electron chi connectivity index (χ4n) is 3.67. The number of carbonyl (C=O) groups excluding carboxylic acids is 2. The van der Waals surface area contributed by atoms with Gasteiger partial charge in [-0.15, -0.1) is 0 Å². The minimum absolute atomic E-state index is 0.118. The van der Waals surface area contributed by atoms with Gasteiger partial charge in [-0.25, -0.2) is 4.79 Å². The normalized spacial score (nSPS) is 13.0. The lowest BCUT2D eigenvalue weighted by molar-refractivity contribution is -0.138. The second-order valence-corrected chi connectivity index (χ2v) is 7.10. The third kappa shape index (κ3) is 3.53. The lowest BCUT2D eigenvalue weighted by atomic mass is 9.94. The summed E-state index contributed by atoms with van der Waals surface area (Å²) in [5.41, 5.74) is -1.27. The van der Waals surface area contributed by atoms with Gasteiger partial charge in [-0.05, 0) is 58.7 Å². The molecule has 0 bridgehead atoms. The molecule has 0 unspecified atom stereocenters. The molecule has 0 saturated heterocycles. The van der Waals surface area contributed by atoms with Crippen LogP contribution in [-0.2, 0) is 17.1 Å². The van der Waals surface area contributed by atoms with Crippen LogP contribution < -0.4 is 0 Å². The van der Waals surface area contributed by atoms with Gasteiger partial charge >= 0.3 is 18.3 Å². The van der Waals surface area contributed by atoms with Crippen LogP contribution in [0.2, 0.25) is 0 Å². The summed E-state index contributed by atoms with van der Waals surface area (Å²) in [6.45, 7) is 0. The largest absolute Gasteiger partial charge is 0.465 e. The Hall–Kier alpha value is -3.62. The summed E-state index contributed by atoms with van der Waals surface area (Å²) in [7, 11) is 1.03. The number of ketones is 1. The zero-order chi connectivity index (χ0) is 23.4. The number of alkyl halides is 6. The number of hydrogen-bond acceptors (Lipinski definition) is 3. The Balaban J connectivity index is 1.87. The quantitative estimate of drug-likeness (QED) is 0.263. The molecule has 3 aromatic carbocycles. The number of benzene rings is 3. The number of ether oxygens (including phenoxy) is 1. The highest BCUT2D eigenvalue weighted by Gasteiger charge is 2.35. The Morgan fingerprint density at radius 1 is 0.688 bits per heavy atom. The van der Waals surface area contributed by atoms with Gasteiger partial charge < -0.3 is 4.74 Å². The Labute approximate surface area is 177 Å². The van der Waals surface area contributed by atoms with E-state index in [0.717, 1.165) is 31.4 Å². The van der Waals surface area contributed by atoms with E-state index in [0.29, 0.717) is 17.2 Å². The van der Waals surface area contributed by atoms with Crippen LogP contribution in [-0.4, -0.2) is 18.9 Å². The van der Waals surface area contributed by atoms with Gasteiger partial charge in [0.1, 0.15) is 0 Å². The first-order valence-electron chi connectivity index (χ1n) is 9.12. The molecule has 0 aromatic heterocycles. The maximum atomic E-state index is 13.1. The summed E-state index contributed by atoms with van der Waals surface area (Å²) < 4.78 is 83.0. The van der Waals surface area contributed by atoms with Crippen molar-refractivity contribution in [3.63, 3.8) is 0 Å². The molecule has 0 saturated carbocycles. The van der Waals surface area contributed by atoms with Gasteiger partial charge in [-0.2, -0.15) is 26.3 Å². The van der Waals surface area contributed by atoms with Gasteiger partial charge in [0.15, 0.2) is 5.78 Å². The molecule has 0 heterocycles. The fraction of sp³-hybridized carbons (Fsp3) is 0.130. The van der Waals surface area contributed by atoms with Gasteiger partial charge in [-0.1, -0.05) is 18.2 Å². The number of halogens is 6. The van der Waals surface area contributed by atoms with Crippen molar-refractivity contribution in [3.8, 4) is 22.3 Å². The van der Waals surface area contributed by atoms with E-state index < -0.39 is 35.2 Å². The summed E-state index contributed by atoms with van der Waals surface area (Å²) in [5.74, 6) is -1.58. The molecule has 4 rings (SSSR count). The molecule has 0 fully saturated rings. The SMILES string of the molecule is COC(=O)c1cc(C(F)(F)F)ccc1-c1ccc2c(c1)-c1ccc(C(F)(F)F)cc1C2=O. The van der Waals surface area contributed by atoms with E-state index >= 15 is 0 Å². The third-order valence-corrected chi connectivity index (χ3v) is 5.21. The molecule has 32 heavy (non-hydrogen) atoms. The fourth-order valence-corrected chi connectivity index (χ4v) is 3.67. The lowest BCUT2D eigenvalue weighted by Gasteiger charge is -2.13. The molecule has 0 spiro atoms. The molecule has 0 aliphatic heterocycles. The van der Waals surface area contributed by atoms with Crippen LogP contribution in [0.3, 0.4) is 0 Å². The van der Waals surface area contributed by atoms with E-state index in [9.17, 15) is 35.9 Å². The summed E-state index contributed by atoms with van der Waals surface area (Å²) in [5, 5.41) is 0. The maximum absolute atomic E-state index is 13.1. The van der Waals surface area contributed by atoms with Gasteiger partial charge in [0.2, 0.25) is 0 Å². The number of hydrogen-bond donors (Lipinski definition) is 0. The minimum Gasteiger partial charge on any atom is -0.465 e. The highest BCUT2D eigenvalue weighted by atomic mass is 19.4. The molecule has 1 aliphatic rings. The van der Waals surface area contributed by atoms with Gasteiger partial charge in [-0.3, -0.25) is 4.79 Å². The predicted molar refractivity (Wildman–Crippen MR) is 102 cm³/mol. The molecule has 164 valence electrons. The van der Waals surface area contributed by atoms with E-state index in [1.807, 2.05) is 0 Å². The molecular weight excluding hydrogens is 438 g/mol. The molecule has 9 heteroatoms. The van der Waals surface area contributed by atoms with Crippen LogP contribution in [0.1, 0.15) is 37.4 Å². The van der Waals surface area contributed by atoms with Crippen molar-refractivity contribution in [2.45, 2.75) is 12.4 Å². The topological polar surface area (TPSA) is 43.4 Å². The number of fused-ring (bicyclic) bond motifs is 3. The first-order chi connectivity index (χ1) is 14.9. The van der Waals surface area contributed by atoms with Crippen LogP contribution in [0.4, 0.5) is 26.3 Å². The van der Waals surface area contributed by atoms with Crippen LogP contribution in [0.15, 0.2) is 54.6 Å². The van der Waals surface area contributed by atoms with E-state index in [1.165, 1.54) is 24.3 Å². The zero-order valence-corrected chi connectivity index (χ0v) is 16.2. The van der Waals surface area contributed by atoms with E-state index in [4.69, 9.17) is 0 Å². The van der Waals surface area contributed by atoms with Gasteiger partial charge in [0.05, 0.1) is 23.8 Å². The predicted octanol–water partition coefficient (Wildman–Crippen LogP) is 6.39. The molecule has 1 aliphatic carbocycles. The van der Waals surface area contributed by atoms with Crippen molar-refractivity contribution >= 4 is 11.8 Å². The molecule has 3 nitrogen and oxygen atoms in total. The molecule has 0 atom stereocenters. The van der Waals surface area contributed by atoms with Crippen molar-refractivity contribution in [1.29, 1.82) is 0 Å². The Morgan fingerprint density at radius 3 is 1.84 bits per heavy atom. The third-order valence-electron chi connectivity index (χ3n) is 5.21. The van der Waals surface area contributed by atoms with Crippen molar-refractivity contribution in [3.05, 3.63) is 82.4 Å². The summed E-state index contributed by atoms with van der Waals surface area (Å²) in [4.78, 5) is 24.8. The number of rotatable bonds is 2. The highest BCUT2D eigenvalue weighted by molar-refractivity contribution is 6.22. The van der Waals surface area contributed by atoms with Crippen LogP contribution in [0, 0.1) is 0 Å². The van der Waals surface area contributed by atoms with Crippen molar-refractivity contribution in [1.82, 2.24) is 0 Å². The first-order valence-corrected chi connectivity index (χ1v) is 9.12. The number of esters is 1. The van der Waals surface area contributed by atoms with E-state index in [-0.39, 0.29) is 27.8 Å². The van der Waals surface area contributed by atoms with Gasteiger partial charge in [0.25, 0.3) is 0 Å². The first kappa shape index (κ1) is 21.6. The Bertz CT molecular complexity index is 1270. The lowest BCUT2D eigenvalue weighted by Crippen LogP contribution is -2.10. The van der Waals surface area contributed by atoms with Crippen molar-refractivity contribution < 1.29 is 40.7 Å². The summed E-state index contributed by atoms with van der Waals surface area (Å²) in [6.07, 6.45) is -9.30. The van der Waals surface area contributed by atoms with E-state index in [2.05, 4.69) is 4.74 Å². The van der Waals surface area contributed by atoms with Gasteiger partial charge in [0, 0.05) is 11.1 Å². The molecule has 0 N–H and O–H groups in total. The Kier molecular flexibility index (Phi) is 4.87. The Morgan fingerprint density at radius 2 is 1.25 bits per heavy atom. The number of methoxy groups -OCH3 is 1. The average Bonchev–Trinajstić information content (AvgIpc) is 3.02. The second-order valence-electron chi connectivity index (χ2n) is 7.10. The maximum Gasteiger partial charge on any atom is 0.416 e. The number of carbonyl (C=O) groups is 2. The molecular formula is C23H12F6O3. The van der Waals surface area contributed by atoms with E-state index in [1.54, 1.807) is 0 Å². The second kappa shape index (κ2) is 7.22. The van der Waals surface area contributed by atoms with Crippen molar-refractivity contribution in [2.24, 2.45) is 0 Å². The smallest absolute Gasteiger partial charge is 0.416 e. The standard InChI is InChI=1S/C23H12F6O3/c1-32-21(31)19-10-13(23(27,28)29)3-6-14(19)11-2-5-16-17(8-11)15-7-4-12(22(24,25)26)9-18(15)20(16)30/h2-10H,1H3. The highest BCUT2D eigenvalue weighted by Crippen LogP contribution is 2.42. The molecule has 3 aromatic rings. The summed E-state index contributed by atoms with van der Waals surface area (Å²) in [6, 6.07) is 9.65. The summed E-state index contributed by atoms with van der Waals surface area (Å²) >= 11 is 0. The monoisotopic (exact) mass is 450 g/mol. The van der Waals surface area contributed by atoms with Crippen molar-refractivity contribution in [2.75, 3.05) is 7.11 Å². The van der Waals surface area contributed by atoms with Crippen LogP contribution in [0.5, 0.6) is 0 Å². The zero-order valence-electron chi connectivity index (χ0n) is 16.2. The molecule has 0 radical (unpaired) electrons. The minimum atomic E-state index is -4.68. The average molecular weight is 450 g/mol. The van der Waals surface area contributed by atoms with Crippen LogP contribution >= 0.6 is 0 Å². The molecule has 0 amide bonds. The van der Waals surface area contributed by atoms with Crippen LogP contribution in [0.25, 0.3) is 22.3 Å².